The third-order valence-electron chi connectivity index (χ3n) is 4.34. The second-order valence-corrected chi connectivity index (χ2v) is 5.45. The summed E-state index contributed by atoms with van der Waals surface area (Å²) in [7, 11) is 0. The minimum atomic E-state index is 0.00261. The average Bonchev–Trinajstić information content (AvgIpc) is 2.08. The third kappa shape index (κ3) is 1.01. The molecule has 0 atom stereocenters. The first-order chi connectivity index (χ1) is 7.11. The molecule has 15 heavy (non-hydrogen) atoms. The van der Waals surface area contributed by atoms with Crippen LogP contribution in [0.3, 0.4) is 0 Å². The zero-order chi connectivity index (χ0) is 10.7. The first-order valence-electron chi connectivity index (χ1n) is 5.57. The van der Waals surface area contributed by atoms with E-state index in [1.54, 1.807) is 0 Å². The Kier molecular flexibility index (Phi) is 1.63. The van der Waals surface area contributed by atoms with Crippen molar-refractivity contribution in [2.45, 2.75) is 31.6 Å². The molecule has 0 heterocycles. The largest absolute Gasteiger partial charge is 0.330 e. The summed E-state index contributed by atoms with van der Waals surface area (Å²) in [6.45, 7) is 2.60. The van der Waals surface area contributed by atoms with Crippen molar-refractivity contribution in [2.24, 2.45) is 11.1 Å². The normalized spacial score (nSPS) is 37.0. The van der Waals surface area contributed by atoms with Crippen molar-refractivity contribution < 1.29 is 4.39 Å². The topological polar surface area (TPSA) is 26.0 Å². The summed E-state index contributed by atoms with van der Waals surface area (Å²) in [5.41, 5.74) is 7.93. The number of benzene rings is 1. The molecule has 1 aromatic carbocycles. The van der Waals surface area contributed by atoms with Crippen LogP contribution in [0, 0.1) is 18.2 Å². The highest BCUT2D eigenvalue weighted by atomic mass is 19.1. The molecule has 1 aromatic rings. The van der Waals surface area contributed by atoms with E-state index < -0.39 is 0 Å². The number of nitrogens with two attached hydrogens (primary N) is 1. The van der Waals surface area contributed by atoms with Gasteiger partial charge in [-0.25, -0.2) is 4.39 Å². The Hall–Kier alpha value is -0.890. The lowest BCUT2D eigenvalue weighted by Gasteiger charge is -2.71. The van der Waals surface area contributed by atoms with E-state index in [0.29, 0.717) is 5.41 Å². The molecule has 0 spiro atoms. The molecular formula is C13H16FN. The van der Waals surface area contributed by atoms with E-state index in [4.69, 9.17) is 5.73 Å². The Morgan fingerprint density at radius 1 is 1.33 bits per heavy atom. The second kappa shape index (κ2) is 2.62. The van der Waals surface area contributed by atoms with Gasteiger partial charge in [0.25, 0.3) is 0 Å². The van der Waals surface area contributed by atoms with Crippen LogP contribution in [0.2, 0.25) is 0 Å². The Labute approximate surface area is 89.5 Å². The smallest absolute Gasteiger partial charge is 0.129 e. The van der Waals surface area contributed by atoms with Crippen molar-refractivity contribution in [1.29, 1.82) is 0 Å². The maximum atomic E-state index is 13.9. The minimum Gasteiger partial charge on any atom is -0.330 e. The van der Waals surface area contributed by atoms with Gasteiger partial charge in [0.1, 0.15) is 5.82 Å². The van der Waals surface area contributed by atoms with Gasteiger partial charge < -0.3 is 5.73 Å². The zero-order valence-electron chi connectivity index (χ0n) is 9.02. The molecular weight excluding hydrogens is 189 g/mol. The van der Waals surface area contributed by atoms with Crippen LogP contribution in [-0.2, 0) is 5.41 Å². The van der Waals surface area contributed by atoms with E-state index in [1.165, 1.54) is 0 Å². The second-order valence-electron chi connectivity index (χ2n) is 5.45. The number of hydrogen-bond acceptors (Lipinski definition) is 1. The van der Waals surface area contributed by atoms with Gasteiger partial charge in [0.05, 0.1) is 0 Å². The highest BCUT2D eigenvalue weighted by Gasteiger charge is 2.67. The molecule has 3 fully saturated rings. The van der Waals surface area contributed by atoms with Gasteiger partial charge in [-0.3, -0.25) is 0 Å². The van der Waals surface area contributed by atoms with Crippen molar-refractivity contribution in [3.8, 4) is 0 Å². The number of aryl methyl sites for hydroxylation is 1. The van der Waals surface area contributed by atoms with Crippen molar-refractivity contribution in [3.05, 3.63) is 35.1 Å². The summed E-state index contributed by atoms with van der Waals surface area (Å²) in [5.74, 6) is 0.00261. The van der Waals surface area contributed by atoms with Crippen LogP contribution in [0.4, 0.5) is 4.39 Å². The first-order valence-corrected chi connectivity index (χ1v) is 5.57. The molecule has 4 rings (SSSR count). The molecule has 0 saturated heterocycles. The first kappa shape index (κ1) is 9.34. The predicted molar refractivity (Wildman–Crippen MR) is 58.2 cm³/mol. The van der Waals surface area contributed by atoms with E-state index in [1.807, 2.05) is 25.1 Å². The zero-order valence-corrected chi connectivity index (χ0v) is 9.02. The molecule has 80 valence electrons. The van der Waals surface area contributed by atoms with E-state index in [-0.39, 0.29) is 11.2 Å². The summed E-state index contributed by atoms with van der Waals surface area (Å²) in [4.78, 5) is 0. The van der Waals surface area contributed by atoms with Crippen molar-refractivity contribution >= 4 is 0 Å². The highest BCUT2D eigenvalue weighted by Crippen LogP contribution is 2.73. The average molecular weight is 205 g/mol. The summed E-state index contributed by atoms with van der Waals surface area (Å²) < 4.78 is 13.9. The molecule has 0 unspecified atom stereocenters. The van der Waals surface area contributed by atoms with Gasteiger partial charge in [-0.1, -0.05) is 18.2 Å². The molecule has 3 saturated carbocycles. The Morgan fingerprint density at radius 2 is 2.00 bits per heavy atom. The van der Waals surface area contributed by atoms with Crippen molar-refractivity contribution in [2.75, 3.05) is 6.54 Å². The van der Waals surface area contributed by atoms with E-state index in [9.17, 15) is 4.39 Å². The Morgan fingerprint density at radius 3 is 2.60 bits per heavy atom. The maximum absolute atomic E-state index is 13.9. The van der Waals surface area contributed by atoms with Crippen LogP contribution in [0.25, 0.3) is 0 Å². The van der Waals surface area contributed by atoms with Crippen LogP contribution >= 0.6 is 0 Å². The SMILES string of the molecule is Cc1cccc(C23CC(CN)(C2)C3)c1F. The lowest BCUT2D eigenvalue weighted by atomic mass is 9.33. The van der Waals surface area contributed by atoms with Gasteiger partial charge >= 0.3 is 0 Å². The monoisotopic (exact) mass is 205 g/mol. The van der Waals surface area contributed by atoms with Gasteiger partial charge in [0.15, 0.2) is 0 Å². The van der Waals surface area contributed by atoms with Gasteiger partial charge in [-0.05, 0) is 54.7 Å². The molecule has 1 nitrogen and oxygen atoms in total. The van der Waals surface area contributed by atoms with E-state index >= 15 is 0 Å². The predicted octanol–water partition coefficient (Wildman–Crippen LogP) is 2.51. The minimum absolute atomic E-state index is 0.00261. The summed E-state index contributed by atoms with van der Waals surface area (Å²) >= 11 is 0. The number of rotatable bonds is 2. The molecule has 0 amide bonds. The molecule has 0 radical (unpaired) electrons. The molecule has 3 aliphatic rings. The third-order valence-corrected chi connectivity index (χ3v) is 4.34. The van der Waals surface area contributed by atoms with Crippen molar-refractivity contribution in [1.82, 2.24) is 0 Å². The van der Waals surface area contributed by atoms with E-state index in [2.05, 4.69) is 0 Å². The van der Waals surface area contributed by atoms with E-state index in [0.717, 1.165) is 36.9 Å². The Bertz CT molecular complexity index is 405. The van der Waals surface area contributed by atoms with Crippen molar-refractivity contribution in [3.63, 3.8) is 0 Å². The highest BCUT2D eigenvalue weighted by molar-refractivity contribution is 5.41. The molecule has 0 aromatic heterocycles. The molecule has 0 aliphatic heterocycles. The molecule has 2 heteroatoms. The standard InChI is InChI=1S/C13H16FN/c1-9-3-2-4-10(11(9)14)13-5-12(6-13,7-13)8-15/h2-4H,5-8,15H2,1H3. The lowest BCUT2D eigenvalue weighted by Crippen LogP contribution is -2.67. The van der Waals surface area contributed by atoms with Crippen LogP contribution in [0.15, 0.2) is 18.2 Å². The van der Waals surface area contributed by atoms with Gasteiger partial charge in [-0.15, -0.1) is 0 Å². The molecule has 2 bridgehead atoms. The molecule has 2 N–H and O–H groups in total. The fourth-order valence-corrected chi connectivity index (χ4v) is 3.56. The Balaban J connectivity index is 1.94. The molecule has 3 aliphatic carbocycles. The van der Waals surface area contributed by atoms with Gasteiger partial charge in [-0.2, -0.15) is 0 Å². The summed E-state index contributed by atoms with van der Waals surface area (Å²) in [5, 5.41) is 0. The van der Waals surface area contributed by atoms with Crippen LogP contribution in [-0.4, -0.2) is 6.54 Å². The number of hydrogen-bond donors (Lipinski definition) is 1. The quantitative estimate of drug-likeness (QED) is 0.788. The number of halogens is 1. The van der Waals surface area contributed by atoms with Gasteiger partial charge in [0.2, 0.25) is 0 Å². The van der Waals surface area contributed by atoms with Crippen LogP contribution in [0.1, 0.15) is 30.4 Å². The van der Waals surface area contributed by atoms with Crippen LogP contribution in [0.5, 0.6) is 0 Å². The fourth-order valence-electron chi connectivity index (χ4n) is 3.56. The summed E-state index contributed by atoms with van der Waals surface area (Å²) in [6, 6.07) is 5.74. The lowest BCUT2D eigenvalue weighted by molar-refractivity contribution is -0.134. The fraction of sp³-hybridized carbons (Fsp3) is 0.538. The van der Waals surface area contributed by atoms with Gasteiger partial charge in [0, 0.05) is 0 Å². The summed E-state index contributed by atoms with van der Waals surface area (Å²) in [6.07, 6.45) is 3.28. The maximum Gasteiger partial charge on any atom is 0.129 e. The van der Waals surface area contributed by atoms with Crippen LogP contribution < -0.4 is 5.73 Å².